The van der Waals surface area contributed by atoms with Gasteiger partial charge in [0, 0.05) is 18.1 Å². The Balaban J connectivity index is 1.76. The number of hydrogen-bond acceptors (Lipinski definition) is 9. The maximum absolute atomic E-state index is 12.7. The lowest BCUT2D eigenvalue weighted by Gasteiger charge is -2.49. The Morgan fingerprint density at radius 1 is 1.33 bits per heavy atom. The van der Waals surface area contributed by atoms with Gasteiger partial charge in [-0.15, -0.1) is 16.9 Å². The molecule has 4 N–H and O–H groups in total. The second kappa shape index (κ2) is 10.1. The molecule has 1 saturated heterocycles. The topological polar surface area (TPSA) is 175 Å². The summed E-state index contributed by atoms with van der Waals surface area (Å²) in [5.74, 6) is -2.00. The van der Waals surface area contributed by atoms with Crippen molar-refractivity contribution in [2.75, 3.05) is 11.5 Å². The highest BCUT2D eigenvalue weighted by molar-refractivity contribution is 8.01. The second-order valence-corrected chi connectivity index (χ2v) is 10.0. The Bertz CT molecular complexity index is 1110. The number of carbonyl (C=O) groups excluding carboxylic acids is 2. The van der Waals surface area contributed by atoms with Gasteiger partial charge in [-0.1, -0.05) is 25.6 Å². The van der Waals surface area contributed by atoms with E-state index in [2.05, 4.69) is 15.5 Å². The summed E-state index contributed by atoms with van der Waals surface area (Å²) in [6, 6.07) is -0.918. The molecule has 0 aromatic carbocycles. The Morgan fingerprint density at radius 2 is 2.03 bits per heavy atom. The average Bonchev–Trinajstić information content (AvgIpc) is 2.76. The third-order valence-corrected chi connectivity index (χ3v) is 7.56. The lowest BCUT2D eigenvalue weighted by atomic mass is 10.0. The summed E-state index contributed by atoms with van der Waals surface area (Å²) in [5, 5.41) is 27.9. The molecular weight excluding hydrogens is 474 g/mol. The maximum atomic E-state index is 12.7. The van der Waals surface area contributed by atoms with Crippen molar-refractivity contribution in [3.05, 3.63) is 32.0 Å². The number of aliphatic hydroxyl groups excluding tert-OH is 1. The lowest BCUT2D eigenvalue weighted by molar-refractivity contribution is -0.151. The van der Waals surface area contributed by atoms with Crippen LogP contribution in [0.25, 0.3) is 0 Å². The van der Waals surface area contributed by atoms with Gasteiger partial charge in [0.1, 0.15) is 23.2 Å². The van der Waals surface area contributed by atoms with Gasteiger partial charge in [-0.25, -0.2) is 9.89 Å². The van der Waals surface area contributed by atoms with E-state index in [9.17, 15) is 34.2 Å². The first-order valence-corrected chi connectivity index (χ1v) is 12.3. The Kier molecular flexibility index (Phi) is 7.69. The number of fused-ring (bicyclic) bond motifs is 1. The van der Waals surface area contributed by atoms with Crippen molar-refractivity contribution >= 4 is 41.3 Å². The van der Waals surface area contributed by atoms with E-state index >= 15 is 0 Å². The molecule has 1 fully saturated rings. The highest BCUT2D eigenvalue weighted by Gasteiger charge is 2.54. The number of rotatable bonds is 9. The molecule has 14 heteroatoms. The van der Waals surface area contributed by atoms with Gasteiger partial charge in [0.15, 0.2) is 5.16 Å². The standard InChI is InChI=1S/C19H25N5O7S2/c1-4-23-16(29)14(27)21-22-19(23)33-7-9-6-32-17-11(15(28)24(17)12(9)18(30)31)20-13(26)10(25)5-8(2)3/h8,10-11,17,25H,4-7H2,1-3H3,(H,20,26)(H,21,27)(H,30,31)/t10-,11-,17-/m1/s1. The smallest absolute Gasteiger partial charge is 0.352 e. The predicted molar refractivity (Wildman–Crippen MR) is 121 cm³/mol. The first kappa shape index (κ1) is 25.1. The number of aliphatic carboxylic acids is 1. The molecule has 0 aliphatic carbocycles. The molecule has 0 spiro atoms. The van der Waals surface area contributed by atoms with Crippen LogP contribution in [0.15, 0.2) is 26.0 Å². The number of thioether (sulfide) groups is 2. The van der Waals surface area contributed by atoms with Crippen LogP contribution in [0.4, 0.5) is 0 Å². The van der Waals surface area contributed by atoms with Crippen LogP contribution in [0.5, 0.6) is 0 Å². The molecule has 2 amide bonds. The summed E-state index contributed by atoms with van der Waals surface area (Å²) < 4.78 is 1.19. The molecule has 12 nitrogen and oxygen atoms in total. The molecule has 3 atom stereocenters. The van der Waals surface area contributed by atoms with Crippen molar-refractivity contribution in [3.8, 4) is 0 Å². The predicted octanol–water partition coefficient (Wildman–Crippen LogP) is -0.811. The molecular formula is C19H25N5O7S2. The van der Waals surface area contributed by atoms with E-state index in [1.807, 2.05) is 13.8 Å². The minimum absolute atomic E-state index is 0.0889. The molecule has 2 aliphatic heterocycles. The van der Waals surface area contributed by atoms with Gasteiger partial charge in [-0.3, -0.25) is 28.6 Å². The van der Waals surface area contributed by atoms with Crippen LogP contribution in [0, 0.1) is 5.92 Å². The number of H-pyrrole nitrogens is 1. The molecule has 0 unspecified atom stereocenters. The molecule has 0 bridgehead atoms. The number of carboxylic acids is 1. The van der Waals surface area contributed by atoms with E-state index < -0.39 is 46.4 Å². The van der Waals surface area contributed by atoms with Gasteiger partial charge < -0.3 is 15.5 Å². The SMILES string of the molecule is CCn1c(SCC2=C(C(=O)O)N3C(=O)[C@@H](NC(=O)[C@H](O)CC(C)C)[C@H]3SC2)n[nH]c(=O)c1=O. The van der Waals surface area contributed by atoms with Crippen LogP contribution >= 0.6 is 23.5 Å². The lowest BCUT2D eigenvalue weighted by Crippen LogP contribution is -2.71. The number of nitrogens with zero attached hydrogens (tertiary/aromatic N) is 3. The van der Waals surface area contributed by atoms with Crippen LogP contribution in [-0.4, -0.2) is 76.7 Å². The Labute approximate surface area is 196 Å². The van der Waals surface area contributed by atoms with Crippen molar-refractivity contribution in [2.45, 2.75) is 56.4 Å². The van der Waals surface area contributed by atoms with Crippen molar-refractivity contribution < 1.29 is 24.6 Å². The summed E-state index contributed by atoms with van der Waals surface area (Å²) >= 11 is 2.38. The number of nitrogens with one attached hydrogen (secondary N) is 2. The summed E-state index contributed by atoms with van der Waals surface area (Å²) in [5.41, 5.74) is -1.31. The van der Waals surface area contributed by atoms with E-state index in [4.69, 9.17) is 0 Å². The van der Waals surface area contributed by atoms with Gasteiger partial charge >= 0.3 is 17.1 Å². The zero-order valence-electron chi connectivity index (χ0n) is 18.2. The number of aromatic amines is 1. The molecule has 1 aromatic rings. The van der Waals surface area contributed by atoms with Crippen LogP contribution in [0.1, 0.15) is 27.2 Å². The number of hydrogen-bond donors (Lipinski definition) is 4. The summed E-state index contributed by atoms with van der Waals surface area (Å²) in [6.45, 7) is 5.61. The maximum Gasteiger partial charge on any atom is 0.352 e. The second-order valence-electron chi connectivity index (χ2n) is 7.97. The van der Waals surface area contributed by atoms with Crippen LogP contribution in [0.2, 0.25) is 0 Å². The van der Waals surface area contributed by atoms with Crippen molar-refractivity contribution in [2.24, 2.45) is 5.92 Å². The third kappa shape index (κ3) is 5.01. The fraction of sp³-hybridized carbons (Fsp3) is 0.579. The van der Waals surface area contributed by atoms with Crippen molar-refractivity contribution in [1.29, 1.82) is 0 Å². The normalized spacial score (nSPS) is 21.0. The molecule has 3 heterocycles. The number of aromatic nitrogens is 3. The van der Waals surface area contributed by atoms with Gasteiger partial charge in [0.2, 0.25) is 5.91 Å². The van der Waals surface area contributed by atoms with Crippen LogP contribution in [-0.2, 0) is 20.9 Å². The number of amides is 2. The molecule has 180 valence electrons. The first-order valence-electron chi connectivity index (χ1n) is 10.3. The van der Waals surface area contributed by atoms with E-state index in [0.717, 1.165) is 16.7 Å². The van der Waals surface area contributed by atoms with Gasteiger partial charge in [0.25, 0.3) is 5.91 Å². The molecule has 1 aromatic heterocycles. The highest BCUT2D eigenvalue weighted by Crippen LogP contribution is 2.41. The third-order valence-electron chi connectivity index (χ3n) is 5.16. The van der Waals surface area contributed by atoms with Crippen LogP contribution < -0.4 is 16.4 Å². The summed E-state index contributed by atoms with van der Waals surface area (Å²) in [7, 11) is 0. The Hall–Kier alpha value is -2.58. The van der Waals surface area contributed by atoms with Gasteiger partial charge in [-0.05, 0) is 24.8 Å². The zero-order chi connectivity index (χ0) is 24.4. The fourth-order valence-corrected chi connectivity index (χ4v) is 6.05. The number of carbonyl (C=O) groups is 3. The largest absolute Gasteiger partial charge is 0.477 e. The van der Waals surface area contributed by atoms with E-state index in [1.54, 1.807) is 6.92 Å². The quantitative estimate of drug-likeness (QED) is 0.191. The average molecular weight is 500 g/mol. The zero-order valence-corrected chi connectivity index (χ0v) is 19.9. The fourth-order valence-electron chi connectivity index (χ4n) is 3.55. The number of β-lactam (4-membered cyclic amide) rings is 1. The first-order chi connectivity index (χ1) is 15.6. The molecule has 33 heavy (non-hydrogen) atoms. The van der Waals surface area contributed by atoms with Crippen molar-refractivity contribution in [1.82, 2.24) is 25.0 Å². The van der Waals surface area contributed by atoms with Gasteiger partial charge in [-0.2, -0.15) is 0 Å². The molecule has 2 aliphatic rings. The number of aliphatic hydroxyl groups is 1. The van der Waals surface area contributed by atoms with E-state index in [1.165, 1.54) is 16.3 Å². The van der Waals surface area contributed by atoms with E-state index in [-0.39, 0.29) is 41.2 Å². The molecule has 3 rings (SSSR count). The van der Waals surface area contributed by atoms with E-state index in [0.29, 0.717) is 5.57 Å². The molecule has 0 radical (unpaired) electrons. The molecule has 0 saturated carbocycles. The Morgan fingerprint density at radius 3 is 2.64 bits per heavy atom. The monoisotopic (exact) mass is 499 g/mol. The van der Waals surface area contributed by atoms with Crippen molar-refractivity contribution in [3.63, 3.8) is 0 Å². The number of carboxylic acid groups (broad SMARTS) is 1. The minimum Gasteiger partial charge on any atom is -0.477 e. The van der Waals surface area contributed by atoms with Gasteiger partial charge in [0.05, 0.1) is 0 Å². The summed E-state index contributed by atoms with van der Waals surface area (Å²) in [6.07, 6.45) is -1.000. The minimum atomic E-state index is -1.28. The highest BCUT2D eigenvalue weighted by atomic mass is 32.2. The van der Waals surface area contributed by atoms with Crippen LogP contribution in [0.3, 0.4) is 0 Å². The summed E-state index contributed by atoms with van der Waals surface area (Å²) in [4.78, 5) is 61.5.